The van der Waals surface area contributed by atoms with Crippen molar-refractivity contribution in [3.8, 4) is 5.75 Å². The summed E-state index contributed by atoms with van der Waals surface area (Å²) in [4.78, 5) is 23.6. The van der Waals surface area contributed by atoms with Crippen LogP contribution in [-0.2, 0) is 9.53 Å². The first-order valence-electron chi connectivity index (χ1n) is 7.43. The van der Waals surface area contributed by atoms with Crippen LogP contribution in [0.25, 0.3) is 0 Å². The average Bonchev–Trinajstić information content (AvgIpc) is 2.63. The van der Waals surface area contributed by atoms with Crippen molar-refractivity contribution in [2.45, 2.75) is 13.0 Å². The summed E-state index contributed by atoms with van der Waals surface area (Å²) in [5.74, 6) is -1.01. The Morgan fingerprint density at radius 1 is 1.16 bits per heavy atom. The lowest BCUT2D eigenvalue weighted by atomic mass is 10.1. The maximum atomic E-state index is 12.8. The third kappa shape index (κ3) is 5.13. The molecule has 0 radical (unpaired) electrons. The van der Waals surface area contributed by atoms with Gasteiger partial charge in [0.05, 0.1) is 18.9 Å². The molecule has 6 nitrogen and oxygen atoms in total. The van der Waals surface area contributed by atoms with Crippen molar-refractivity contribution in [2.75, 3.05) is 7.11 Å². The number of esters is 1. The van der Waals surface area contributed by atoms with Crippen molar-refractivity contribution in [1.29, 1.82) is 0 Å². The molecule has 130 valence electrons. The lowest BCUT2D eigenvalue weighted by molar-refractivity contribution is -0.127. The molecule has 1 atom stereocenters. The molecule has 0 saturated heterocycles. The van der Waals surface area contributed by atoms with E-state index in [1.165, 1.54) is 44.5 Å². The van der Waals surface area contributed by atoms with E-state index in [4.69, 9.17) is 4.74 Å². The molecule has 0 aliphatic rings. The molecule has 0 aliphatic carbocycles. The molecule has 1 N–H and O–H groups in total. The molecule has 0 heterocycles. The largest absolute Gasteiger partial charge is 0.481 e. The maximum Gasteiger partial charge on any atom is 0.338 e. The second-order valence-electron chi connectivity index (χ2n) is 5.03. The number of methoxy groups -OCH3 is 1. The molecule has 25 heavy (non-hydrogen) atoms. The Morgan fingerprint density at radius 3 is 2.52 bits per heavy atom. The Morgan fingerprint density at radius 2 is 1.84 bits per heavy atom. The highest BCUT2D eigenvalue weighted by Gasteiger charge is 2.14. The van der Waals surface area contributed by atoms with Crippen LogP contribution in [0.3, 0.4) is 0 Å². The second-order valence-corrected chi connectivity index (χ2v) is 5.03. The van der Waals surface area contributed by atoms with E-state index >= 15 is 0 Å². The van der Waals surface area contributed by atoms with Crippen molar-refractivity contribution in [2.24, 2.45) is 5.10 Å². The second kappa shape index (κ2) is 8.58. The van der Waals surface area contributed by atoms with Crippen LogP contribution in [0.5, 0.6) is 5.75 Å². The van der Waals surface area contributed by atoms with Crippen LogP contribution in [0.4, 0.5) is 4.39 Å². The van der Waals surface area contributed by atoms with Gasteiger partial charge in [-0.25, -0.2) is 14.6 Å². The fourth-order valence-electron chi connectivity index (χ4n) is 1.93. The molecule has 2 aromatic rings. The third-order valence-electron chi connectivity index (χ3n) is 3.24. The highest BCUT2D eigenvalue weighted by atomic mass is 19.1. The molecule has 0 unspecified atom stereocenters. The lowest BCUT2D eigenvalue weighted by Crippen LogP contribution is -2.33. The first-order valence-corrected chi connectivity index (χ1v) is 7.43. The normalized spacial score (nSPS) is 11.8. The molecular formula is C18H17FN2O4. The molecule has 0 saturated carbocycles. The molecule has 0 spiro atoms. The zero-order valence-corrected chi connectivity index (χ0v) is 13.7. The van der Waals surface area contributed by atoms with Crippen LogP contribution in [0.1, 0.15) is 22.8 Å². The summed E-state index contributed by atoms with van der Waals surface area (Å²) in [7, 11) is 1.28. The average molecular weight is 344 g/mol. The maximum absolute atomic E-state index is 12.8. The first kappa shape index (κ1) is 18.1. The number of hydrogen-bond acceptors (Lipinski definition) is 5. The van der Waals surface area contributed by atoms with Gasteiger partial charge in [0.15, 0.2) is 6.10 Å². The van der Waals surface area contributed by atoms with Gasteiger partial charge in [0.25, 0.3) is 5.91 Å². The van der Waals surface area contributed by atoms with E-state index in [9.17, 15) is 14.0 Å². The highest BCUT2D eigenvalue weighted by molar-refractivity contribution is 5.99. The van der Waals surface area contributed by atoms with Gasteiger partial charge in [-0.3, -0.25) is 4.79 Å². The summed E-state index contributed by atoms with van der Waals surface area (Å²) < 4.78 is 22.9. The van der Waals surface area contributed by atoms with Crippen LogP contribution in [-0.4, -0.2) is 31.3 Å². The van der Waals surface area contributed by atoms with Gasteiger partial charge in [0.1, 0.15) is 11.6 Å². The molecule has 0 fully saturated rings. The smallest absolute Gasteiger partial charge is 0.338 e. The van der Waals surface area contributed by atoms with E-state index in [0.717, 1.165) is 0 Å². The Balaban J connectivity index is 1.96. The number of ether oxygens (including phenoxy) is 2. The molecule has 1 amide bonds. The number of amides is 1. The SMILES string of the molecule is COC(=O)c1ccccc1/C=N\NC(=O)[C@H](C)Oc1ccc(F)cc1. The van der Waals surface area contributed by atoms with Crippen molar-refractivity contribution in [3.05, 3.63) is 65.5 Å². The predicted octanol–water partition coefficient (Wildman–Crippen LogP) is 2.53. The summed E-state index contributed by atoms with van der Waals surface area (Å²) in [6.45, 7) is 1.54. The van der Waals surface area contributed by atoms with E-state index in [0.29, 0.717) is 16.9 Å². The zero-order chi connectivity index (χ0) is 18.2. The zero-order valence-electron chi connectivity index (χ0n) is 13.7. The van der Waals surface area contributed by atoms with E-state index in [1.807, 2.05) is 0 Å². The summed E-state index contributed by atoms with van der Waals surface area (Å²) in [6, 6.07) is 12.0. The van der Waals surface area contributed by atoms with Crippen LogP contribution in [0.15, 0.2) is 53.6 Å². The van der Waals surface area contributed by atoms with Gasteiger partial charge < -0.3 is 9.47 Å². The van der Waals surface area contributed by atoms with Gasteiger partial charge in [-0.2, -0.15) is 5.10 Å². The Kier molecular flexibility index (Phi) is 6.22. The number of carbonyl (C=O) groups excluding carboxylic acids is 2. The number of halogens is 1. The number of nitrogens with one attached hydrogen (secondary N) is 1. The standard InChI is InChI=1S/C18H17FN2O4/c1-12(25-15-9-7-14(19)8-10-15)17(22)21-20-11-13-5-3-4-6-16(13)18(23)24-2/h3-12H,1-2H3,(H,21,22)/b20-11-/t12-/m0/s1. The molecule has 2 rings (SSSR count). The van der Waals surface area contributed by atoms with Gasteiger partial charge in [0.2, 0.25) is 0 Å². The topological polar surface area (TPSA) is 77.0 Å². The van der Waals surface area contributed by atoms with E-state index in [2.05, 4.69) is 15.3 Å². The Bertz CT molecular complexity index is 775. The number of carbonyl (C=O) groups is 2. The summed E-state index contributed by atoms with van der Waals surface area (Å²) in [5.41, 5.74) is 3.16. The summed E-state index contributed by atoms with van der Waals surface area (Å²) in [6.07, 6.45) is 0.507. The number of hydrogen-bond donors (Lipinski definition) is 1. The van der Waals surface area contributed by atoms with Gasteiger partial charge in [-0.1, -0.05) is 18.2 Å². The number of nitrogens with zero attached hydrogens (tertiary/aromatic N) is 1. The van der Waals surface area contributed by atoms with E-state index in [-0.39, 0.29) is 0 Å². The fourth-order valence-corrected chi connectivity index (χ4v) is 1.93. The Labute approximate surface area is 144 Å². The lowest BCUT2D eigenvalue weighted by Gasteiger charge is -2.12. The highest BCUT2D eigenvalue weighted by Crippen LogP contribution is 2.13. The van der Waals surface area contributed by atoms with E-state index < -0.39 is 23.8 Å². The van der Waals surface area contributed by atoms with Crippen LogP contribution in [0.2, 0.25) is 0 Å². The van der Waals surface area contributed by atoms with Crippen molar-refractivity contribution in [3.63, 3.8) is 0 Å². The van der Waals surface area contributed by atoms with Gasteiger partial charge in [-0.15, -0.1) is 0 Å². The monoisotopic (exact) mass is 344 g/mol. The Hall–Kier alpha value is -3.22. The molecule has 2 aromatic carbocycles. The van der Waals surface area contributed by atoms with Gasteiger partial charge in [0, 0.05) is 5.56 Å². The predicted molar refractivity (Wildman–Crippen MR) is 90.0 cm³/mol. The molecule has 0 aromatic heterocycles. The minimum atomic E-state index is -0.835. The van der Waals surface area contributed by atoms with Crippen LogP contribution < -0.4 is 10.2 Å². The quantitative estimate of drug-likeness (QED) is 0.496. The molecule has 0 aliphatic heterocycles. The number of benzene rings is 2. The summed E-state index contributed by atoms with van der Waals surface area (Å²) >= 11 is 0. The van der Waals surface area contributed by atoms with Gasteiger partial charge >= 0.3 is 5.97 Å². The van der Waals surface area contributed by atoms with Crippen molar-refractivity contribution < 1.29 is 23.5 Å². The van der Waals surface area contributed by atoms with Crippen LogP contribution >= 0.6 is 0 Å². The van der Waals surface area contributed by atoms with Crippen molar-refractivity contribution >= 4 is 18.1 Å². The molecule has 0 bridgehead atoms. The van der Waals surface area contributed by atoms with Crippen LogP contribution in [0, 0.1) is 5.82 Å². The fraction of sp³-hybridized carbons (Fsp3) is 0.167. The minimum Gasteiger partial charge on any atom is -0.481 e. The number of rotatable bonds is 6. The molecule has 7 heteroatoms. The third-order valence-corrected chi connectivity index (χ3v) is 3.24. The van der Waals surface area contributed by atoms with E-state index in [1.54, 1.807) is 24.3 Å². The molecular weight excluding hydrogens is 327 g/mol. The minimum absolute atomic E-state index is 0.332. The summed E-state index contributed by atoms with van der Waals surface area (Å²) in [5, 5.41) is 3.82. The number of hydrazone groups is 1. The first-order chi connectivity index (χ1) is 12.0. The van der Waals surface area contributed by atoms with Crippen molar-refractivity contribution in [1.82, 2.24) is 5.43 Å². The van der Waals surface area contributed by atoms with Gasteiger partial charge in [-0.05, 0) is 37.3 Å².